The van der Waals surface area contributed by atoms with Gasteiger partial charge >= 0.3 is 6.16 Å². The van der Waals surface area contributed by atoms with E-state index in [1.165, 1.54) is 0 Å². The number of carbonyl (C=O) groups is 1. The van der Waals surface area contributed by atoms with Crippen LogP contribution in [0.1, 0.15) is 13.8 Å². The second-order valence-corrected chi connectivity index (χ2v) is 2.21. The van der Waals surface area contributed by atoms with Crippen molar-refractivity contribution in [2.45, 2.75) is 19.6 Å². The lowest BCUT2D eigenvalue weighted by Gasteiger charge is -2.18. The van der Waals surface area contributed by atoms with Gasteiger partial charge in [0.2, 0.25) is 5.79 Å². The predicted molar refractivity (Wildman–Crippen MR) is 32.5 cm³/mol. The molecule has 10 heavy (non-hydrogen) atoms. The van der Waals surface area contributed by atoms with Crippen molar-refractivity contribution in [1.82, 2.24) is 0 Å². The molecular formula is C6H10O4. The van der Waals surface area contributed by atoms with E-state index in [0.29, 0.717) is 6.61 Å². The van der Waals surface area contributed by atoms with Crippen LogP contribution < -0.4 is 0 Å². The third-order valence-corrected chi connectivity index (χ3v) is 1.20. The average molecular weight is 146 g/mol. The summed E-state index contributed by atoms with van der Waals surface area (Å²) in [6, 6.07) is 0. The van der Waals surface area contributed by atoms with Crippen LogP contribution in [0.15, 0.2) is 0 Å². The van der Waals surface area contributed by atoms with E-state index in [2.05, 4.69) is 4.74 Å². The van der Waals surface area contributed by atoms with Crippen LogP contribution in [0.5, 0.6) is 0 Å². The summed E-state index contributed by atoms with van der Waals surface area (Å²) in [5, 5.41) is 0. The Balaban J connectivity index is 2.46. The molecule has 0 radical (unpaired) electrons. The average Bonchev–Trinajstić information content (AvgIpc) is 2.12. The van der Waals surface area contributed by atoms with E-state index in [0.717, 1.165) is 0 Å². The monoisotopic (exact) mass is 146 g/mol. The summed E-state index contributed by atoms with van der Waals surface area (Å²) in [4.78, 5) is 10.4. The zero-order valence-corrected chi connectivity index (χ0v) is 6.05. The van der Waals surface area contributed by atoms with Gasteiger partial charge in [-0.05, 0) is 6.92 Å². The lowest BCUT2D eigenvalue weighted by Crippen LogP contribution is -2.31. The Kier molecular flexibility index (Phi) is 1.80. The molecular weight excluding hydrogens is 136 g/mol. The van der Waals surface area contributed by atoms with Crippen LogP contribution in [0, 0.1) is 0 Å². The molecule has 0 aromatic heterocycles. The van der Waals surface area contributed by atoms with Crippen LogP contribution in [0.2, 0.25) is 0 Å². The third kappa shape index (κ3) is 1.39. The highest BCUT2D eigenvalue weighted by atomic mass is 16.8. The van der Waals surface area contributed by atoms with Gasteiger partial charge in [-0.25, -0.2) is 4.79 Å². The Labute approximate surface area is 59.1 Å². The number of hydrogen-bond acceptors (Lipinski definition) is 4. The highest BCUT2D eigenvalue weighted by molar-refractivity contribution is 5.62. The number of hydrogen-bond donors (Lipinski definition) is 0. The highest BCUT2D eigenvalue weighted by Gasteiger charge is 2.38. The summed E-state index contributed by atoms with van der Waals surface area (Å²) in [7, 11) is 0. The molecule has 0 aromatic rings. The van der Waals surface area contributed by atoms with Gasteiger partial charge in [0.15, 0.2) is 6.61 Å². The van der Waals surface area contributed by atoms with Gasteiger partial charge in [-0.3, -0.25) is 0 Å². The molecule has 0 bridgehead atoms. The largest absolute Gasteiger partial charge is 0.511 e. The van der Waals surface area contributed by atoms with Crippen molar-refractivity contribution in [2.75, 3.05) is 13.2 Å². The Morgan fingerprint density at radius 3 is 2.90 bits per heavy atom. The molecule has 1 aliphatic heterocycles. The second kappa shape index (κ2) is 2.46. The zero-order chi connectivity index (χ0) is 7.61. The second-order valence-electron chi connectivity index (χ2n) is 2.21. The van der Waals surface area contributed by atoms with E-state index in [1.807, 2.05) is 6.92 Å². The maximum atomic E-state index is 10.4. The van der Waals surface area contributed by atoms with Gasteiger partial charge in [-0.2, -0.15) is 0 Å². The Morgan fingerprint density at radius 1 is 1.80 bits per heavy atom. The standard InChI is InChI=1S/C6H10O4/c1-3-9-6(2)4-8-5(7)10-6/h3-4H2,1-2H3. The lowest BCUT2D eigenvalue weighted by molar-refractivity contribution is -0.162. The summed E-state index contributed by atoms with van der Waals surface area (Å²) in [6.07, 6.45) is -0.657. The van der Waals surface area contributed by atoms with Crippen LogP contribution in [0.4, 0.5) is 4.79 Å². The number of rotatable bonds is 2. The summed E-state index contributed by atoms with van der Waals surface area (Å²) >= 11 is 0. The Morgan fingerprint density at radius 2 is 2.50 bits per heavy atom. The molecule has 1 atom stereocenters. The molecule has 0 saturated carbocycles. The molecule has 0 N–H and O–H groups in total. The molecule has 1 fully saturated rings. The fourth-order valence-corrected chi connectivity index (χ4v) is 0.802. The van der Waals surface area contributed by atoms with Gasteiger partial charge in [0.25, 0.3) is 0 Å². The van der Waals surface area contributed by atoms with Crippen LogP contribution in [0.3, 0.4) is 0 Å². The van der Waals surface area contributed by atoms with Crippen molar-refractivity contribution in [3.63, 3.8) is 0 Å². The van der Waals surface area contributed by atoms with Crippen LogP contribution in [-0.2, 0) is 14.2 Å². The quantitative estimate of drug-likeness (QED) is 0.543. The molecule has 0 amide bonds. The molecule has 4 nitrogen and oxygen atoms in total. The molecule has 1 heterocycles. The van der Waals surface area contributed by atoms with Gasteiger partial charge in [0.1, 0.15) is 0 Å². The normalized spacial score (nSPS) is 31.6. The SMILES string of the molecule is CCOC1(C)COC(=O)O1. The maximum absolute atomic E-state index is 10.4. The van der Waals surface area contributed by atoms with Gasteiger partial charge in [0.05, 0.1) is 0 Å². The van der Waals surface area contributed by atoms with Gasteiger partial charge in [-0.15, -0.1) is 0 Å². The van der Waals surface area contributed by atoms with Crippen molar-refractivity contribution in [2.24, 2.45) is 0 Å². The molecule has 0 aliphatic carbocycles. The van der Waals surface area contributed by atoms with Crippen LogP contribution >= 0.6 is 0 Å². The van der Waals surface area contributed by atoms with Crippen molar-refractivity contribution < 1.29 is 19.0 Å². The summed E-state index contributed by atoms with van der Waals surface area (Å²) < 4.78 is 14.3. The minimum absolute atomic E-state index is 0.180. The summed E-state index contributed by atoms with van der Waals surface area (Å²) in [5.41, 5.74) is 0. The summed E-state index contributed by atoms with van der Waals surface area (Å²) in [6.45, 7) is 4.19. The molecule has 1 aliphatic rings. The number of ether oxygens (including phenoxy) is 3. The van der Waals surface area contributed by atoms with E-state index in [9.17, 15) is 4.79 Å². The fraction of sp³-hybridized carbons (Fsp3) is 0.833. The highest BCUT2D eigenvalue weighted by Crippen LogP contribution is 2.20. The van der Waals surface area contributed by atoms with Crippen LogP contribution in [0.25, 0.3) is 0 Å². The third-order valence-electron chi connectivity index (χ3n) is 1.20. The number of cyclic esters (lactones) is 2. The lowest BCUT2D eigenvalue weighted by atomic mass is 10.3. The van der Waals surface area contributed by atoms with E-state index >= 15 is 0 Å². The molecule has 1 rings (SSSR count). The molecule has 0 spiro atoms. The van der Waals surface area contributed by atoms with Crippen molar-refractivity contribution >= 4 is 6.16 Å². The fourth-order valence-electron chi connectivity index (χ4n) is 0.802. The van der Waals surface area contributed by atoms with Gasteiger partial charge in [-0.1, -0.05) is 0 Å². The van der Waals surface area contributed by atoms with E-state index in [-0.39, 0.29) is 6.61 Å². The molecule has 0 aromatic carbocycles. The molecule has 1 saturated heterocycles. The minimum atomic E-state index is -0.855. The minimum Gasteiger partial charge on any atom is -0.427 e. The Hall–Kier alpha value is -0.770. The predicted octanol–water partition coefficient (Wildman–Crippen LogP) is 0.906. The summed E-state index contributed by atoms with van der Waals surface area (Å²) in [5.74, 6) is -0.855. The smallest absolute Gasteiger partial charge is 0.427 e. The Bertz CT molecular complexity index is 145. The van der Waals surface area contributed by atoms with Crippen LogP contribution in [-0.4, -0.2) is 25.2 Å². The number of carbonyl (C=O) groups excluding carboxylic acids is 1. The van der Waals surface area contributed by atoms with Crippen molar-refractivity contribution in [3.05, 3.63) is 0 Å². The molecule has 1 unspecified atom stereocenters. The first-order valence-electron chi connectivity index (χ1n) is 3.16. The van der Waals surface area contributed by atoms with E-state index in [4.69, 9.17) is 9.47 Å². The zero-order valence-electron chi connectivity index (χ0n) is 6.05. The van der Waals surface area contributed by atoms with E-state index < -0.39 is 11.9 Å². The molecule has 4 heteroatoms. The maximum Gasteiger partial charge on any atom is 0.511 e. The van der Waals surface area contributed by atoms with Crippen molar-refractivity contribution in [1.29, 1.82) is 0 Å². The first kappa shape index (κ1) is 7.34. The molecule has 58 valence electrons. The topological polar surface area (TPSA) is 44.8 Å². The van der Waals surface area contributed by atoms with Gasteiger partial charge < -0.3 is 14.2 Å². The first-order valence-corrected chi connectivity index (χ1v) is 3.16. The van der Waals surface area contributed by atoms with Crippen molar-refractivity contribution in [3.8, 4) is 0 Å². The van der Waals surface area contributed by atoms with Gasteiger partial charge in [0, 0.05) is 13.5 Å². The first-order chi connectivity index (χ1) is 4.66. The van der Waals surface area contributed by atoms with E-state index in [1.54, 1.807) is 6.92 Å².